The summed E-state index contributed by atoms with van der Waals surface area (Å²) in [6.07, 6.45) is 1.24. The van der Waals surface area contributed by atoms with Crippen molar-refractivity contribution in [3.8, 4) is 0 Å². The first-order chi connectivity index (χ1) is 18.8. The van der Waals surface area contributed by atoms with Gasteiger partial charge >= 0.3 is 23.9 Å². The molecular formula is C28H36O10S. The van der Waals surface area contributed by atoms with Crippen LogP contribution in [0.3, 0.4) is 0 Å². The summed E-state index contributed by atoms with van der Waals surface area (Å²) in [6.45, 7) is 5.49. The lowest BCUT2D eigenvalue weighted by molar-refractivity contribution is -0.253. The van der Waals surface area contributed by atoms with Crippen molar-refractivity contribution in [2.45, 2.75) is 50.7 Å². The first-order valence-electron chi connectivity index (χ1n) is 13.1. The van der Waals surface area contributed by atoms with Gasteiger partial charge in [0.05, 0.1) is 40.1 Å². The molecule has 0 aromatic heterocycles. The molecular weight excluding hydrogens is 528 g/mol. The molecule has 1 aliphatic heterocycles. The minimum absolute atomic E-state index is 0.0124. The Balaban J connectivity index is 2.22. The quantitative estimate of drug-likeness (QED) is 0.129. The van der Waals surface area contributed by atoms with Crippen molar-refractivity contribution in [3.63, 3.8) is 0 Å². The highest BCUT2D eigenvalue weighted by Crippen LogP contribution is 2.56. The highest BCUT2D eigenvalue weighted by atomic mass is 32.2. The standard InChI is InChI=1S/C28H36O10S/c1-5-34-24(30)23-21(17-20(18-22(29)33-4)39-19-11-9-8-10-12-19)27(25(31)35-6-2,26(32)36-7-3)13-14-28(23)37-15-16-38-28/h8-12,18,21,23H,5-7,13-17H2,1-4H3/b20-18+. The molecule has 0 radical (unpaired) electrons. The highest BCUT2D eigenvalue weighted by molar-refractivity contribution is 8.03. The van der Waals surface area contributed by atoms with Crippen LogP contribution in [0.25, 0.3) is 0 Å². The fourth-order valence-corrected chi connectivity index (χ4v) is 6.27. The Morgan fingerprint density at radius 1 is 0.923 bits per heavy atom. The summed E-state index contributed by atoms with van der Waals surface area (Å²) in [5.41, 5.74) is -1.88. The Kier molecular flexibility index (Phi) is 11.0. The molecule has 2 aliphatic rings. The maximum atomic E-state index is 13.7. The maximum Gasteiger partial charge on any atom is 0.331 e. The van der Waals surface area contributed by atoms with E-state index in [1.165, 1.54) is 24.9 Å². The fraction of sp³-hybridized carbons (Fsp3) is 0.571. The summed E-state index contributed by atoms with van der Waals surface area (Å²) in [5.74, 6) is -6.61. The fourth-order valence-electron chi connectivity index (χ4n) is 5.25. The highest BCUT2D eigenvalue weighted by Gasteiger charge is 2.68. The molecule has 1 saturated heterocycles. The molecule has 0 N–H and O–H groups in total. The number of thioether (sulfide) groups is 1. The van der Waals surface area contributed by atoms with Crippen LogP contribution in [-0.2, 0) is 47.6 Å². The van der Waals surface area contributed by atoms with Gasteiger partial charge in [0.2, 0.25) is 0 Å². The summed E-state index contributed by atoms with van der Waals surface area (Å²) in [5, 5.41) is 0. The van der Waals surface area contributed by atoms with E-state index >= 15 is 0 Å². The number of benzene rings is 1. The molecule has 11 heteroatoms. The first-order valence-corrected chi connectivity index (χ1v) is 13.9. The Labute approximate surface area is 232 Å². The predicted octanol–water partition coefficient (Wildman–Crippen LogP) is 3.67. The molecule has 0 amide bonds. The normalized spacial score (nSPS) is 21.7. The van der Waals surface area contributed by atoms with Crippen molar-refractivity contribution in [3.05, 3.63) is 41.3 Å². The molecule has 2 unspecified atom stereocenters. The molecule has 1 heterocycles. The van der Waals surface area contributed by atoms with E-state index < -0.39 is 46.9 Å². The van der Waals surface area contributed by atoms with E-state index in [2.05, 4.69) is 0 Å². The molecule has 1 aromatic rings. The second-order valence-corrected chi connectivity index (χ2v) is 10.2. The number of methoxy groups -OCH3 is 1. The van der Waals surface area contributed by atoms with Crippen LogP contribution >= 0.6 is 11.8 Å². The Hall–Kier alpha value is -2.89. The van der Waals surface area contributed by atoms with Gasteiger partial charge in [-0.15, -0.1) is 0 Å². The molecule has 10 nitrogen and oxygen atoms in total. The van der Waals surface area contributed by atoms with Crippen molar-refractivity contribution >= 4 is 35.6 Å². The number of rotatable bonds is 11. The van der Waals surface area contributed by atoms with E-state index in [1.807, 2.05) is 30.3 Å². The van der Waals surface area contributed by atoms with Crippen LogP contribution in [0.4, 0.5) is 0 Å². The second-order valence-electron chi connectivity index (χ2n) is 9.01. The lowest BCUT2D eigenvalue weighted by Crippen LogP contribution is -2.62. The maximum absolute atomic E-state index is 13.7. The topological polar surface area (TPSA) is 124 Å². The number of allylic oxidation sites excluding steroid dienone is 1. The third-order valence-electron chi connectivity index (χ3n) is 6.87. The minimum Gasteiger partial charge on any atom is -0.466 e. The molecule has 2 atom stereocenters. The van der Waals surface area contributed by atoms with Crippen LogP contribution < -0.4 is 0 Å². The van der Waals surface area contributed by atoms with E-state index in [-0.39, 0.29) is 52.3 Å². The van der Waals surface area contributed by atoms with Gasteiger partial charge in [0.1, 0.15) is 5.92 Å². The van der Waals surface area contributed by atoms with Crippen LogP contribution in [0.1, 0.15) is 40.0 Å². The molecule has 0 bridgehead atoms. The zero-order chi connectivity index (χ0) is 28.5. The number of carbonyl (C=O) groups is 4. The molecule has 1 aromatic carbocycles. The van der Waals surface area contributed by atoms with Crippen LogP contribution in [0.5, 0.6) is 0 Å². The van der Waals surface area contributed by atoms with Gasteiger partial charge in [-0.3, -0.25) is 14.4 Å². The molecule has 2 fully saturated rings. The van der Waals surface area contributed by atoms with E-state index in [9.17, 15) is 19.2 Å². The molecule has 3 rings (SSSR count). The smallest absolute Gasteiger partial charge is 0.331 e. The monoisotopic (exact) mass is 564 g/mol. The summed E-state index contributed by atoms with van der Waals surface area (Å²) < 4.78 is 33.2. The largest absolute Gasteiger partial charge is 0.466 e. The second kappa shape index (κ2) is 14.0. The van der Waals surface area contributed by atoms with Gasteiger partial charge in [0.15, 0.2) is 11.2 Å². The van der Waals surface area contributed by atoms with Gasteiger partial charge in [0, 0.05) is 23.3 Å². The number of hydrogen-bond acceptors (Lipinski definition) is 11. The van der Waals surface area contributed by atoms with Gasteiger partial charge in [0.25, 0.3) is 0 Å². The van der Waals surface area contributed by atoms with Crippen LogP contribution in [0.2, 0.25) is 0 Å². The van der Waals surface area contributed by atoms with Crippen molar-refractivity contribution in [2.24, 2.45) is 17.3 Å². The number of hydrogen-bond donors (Lipinski definition) is 0. The Morgan fingerprint density at radius 2 is 1.51 bits per heavy atom. The Bertz CT molecular complexity index is 1030. The predicted molar refractivity (Wildman–Crippen MR) is 140 cm³/mol. The van der Waals surface area contributed by atoms with E-state index in [4.69, 9.17) is 28.4 Å². The summed E-state index contributed by atoms with van der Waals surface area (Å²) >= 11 is 1.26. The van der Waals surface area contributed by atoms with Gasteiger partial charge in [-0.2, -0.15) is 0 Å². The van der Waals surface area contributed by atoms with Crippen molar-refractivity contribution in [2.75, 3.05) is 40.1 Å². The van der Waals surface area contributed by atoms with Gasteiger partial charge < -0.3 is 28.4 Å². The average Bonchev–Trinajstić information content (AvgIpc) is 3.38. The zero-order valence-electron chi connectivity index (χ0n) is 22.8. The van der Waals surface area contributed by atoms with Gasteiger partial charge in [-0.25, -0.2) is 4.79 Å². The first kappa shape index (κ1) is 30.6. The molecule has 39 heavy (non-hydrogen) atoms. The molecule has 214 valence electrons. The molecule has 1 aliphatic carbocycles. The van der Waals surface area contributed by atoms with Crippen molar-refractivity contribution < 1.29 is 47.6 Å². The van der Waals surface area contributed by atoms with Crippen molar-refractivity contribution in [1.29, 1.82) is 0 Å². The van der Waals surface area contributed by atoms with E-state index in [0.717, 1.165) is 4.90 Å². The minimum atomic E-state index is -1.88. The number of ether oxygens (including phenoxy) is 6. The molecule has 1 saturated carbocycles. The summed E-state index contributed by atoms with van der Waals surface area (Å²) in [7, 11) is 1.25. The van der Waals surface area contributed by atoms with Gasteiger partial charge in [-0.1, -0.05) is 30.0 Å². The zero-order valence-corrected chi connectivity index (χ0v) is 23.6. The van der Waals surface area contributed by atoms with Crippen LogP contribution in [-0.4, -0.2) is 69.8 Å². The van der Waals surface area contributed by atoms with Crippen LogP contribution in [0.15, 0.2) is 46.2 Å². The van der Waals surface area contributed by atoms with E-state index in [0.29, 0.717) is 4.91 Å². The Morgan fingerprint density at radius 3 is 2.05 bits per heavy atom. The van der Waals surface area contributed by atoms with E-state index in [1.54, 1.807) is 20.8 Å². The third kappa shape index (κ3) is 6.64. The number of esters is 4. The lowest BCUT2D eigenvalue weighted by atomic mass is 9.57. The summed E-state index contributed by atoms with van der Waals surface area (Å²) in [4.78, 5) is 54.8. The summed E-state index contributed by atoms with van der Waals surface area (Å²) in [6, 6.07) is 9.26. The van der Waals surface area contributed by atoms with Crippen molar-refractivity contribution in [1.82, 2.24) is 0 Å². The molecule has 1 spiro atoms. The van der Waals surface area contributed by atoms with Gasteiger partial charge in [-0.05, 0) is 50.7 Å². The SMILES string of the molecule is CCOC(=O)C1C(C/C(=C\C(=O)OC)Sc2ccccc2)C(C(=O)OCC)(C(=O)OCC)CCC12OCCO2. The average molecular weight is 565 g/mol. The van der Waals surface area contributed by atoms with Crippen LogP contribution in [0, 0.1) is 17.3 Å². The third-order valence-corrected chi connectivity index (χ3v) is 7.92. The lowest BCUT2D eigenvalue weighted by Gasteiger charge is -2.50. The number of carbonyl (C=O) groups excluding carboxylic acids is 4.